The lowest BCUT2D eigenvalue weighted by molar-refractivity contribution is 0.0581. The van der Waals surface area contributed by atoms with Crippen molar-refractivity contribution in [3.05, 3.63) is 353 Å². The first-order valence-electron chi connectivity index (χ1n) is 49.3. The maximum Gasteiger partial charge on any atom is -0.00258 e. The van der Waals surface area contributed by atoms with Gasteiger partial charge in [0.15, 0.2) is 0 Å². The lowest BCUT2D eigenvalue weighted by Gasteiger charge is -2.45. The second kappa shape index (κ2) is 57.6. The van der Waals surface area contributed by atoms with Gasteiger partial charge in [0.05, 0.1) is 0 Å². The van der Waals surface area contributed by atoms with Gasteiger partial charge in [-0.05, 0) is 323 Å². The van der Waals surface area contributed by atoms with Crippen molar-refractivity contribution in [2.75, 3.05) is 0 Å². The molecule has 3 saturated carbocycles. The van der Waals surface area contributed by atoms with Gasteiger partial charge in [-0.2, -0.15) is 0 Å². The first kappa shape index (κ1) is 112. The average Bonchev–Trinajstić information content (AvgIpc) is 0.809. The zero-order valence-electron chi connectivity index (χ0n) is 87.6. The van der Waals surface area contributed by atoms with Gasteiger partial charge in [0, 0.05) is 0 Å². The molecule has 4 unspecified atom stereocenters. The number of aryl methyl sites for hydroxylation is 17. The minimum absolute atomic E-state index is 0.251. The van der Waals surface area contributed by atoms with E-state index in [0.29, 0.717) is 10.8 Å². The number of hydrogen-bond donors (Lipinski definition) is 0. The fourth-order valence-electron chi connectivity index (χ4n) is 17.1. The van der Waals surface area contributed by atoms with E-state index in [4.69, 9.17) is 0 Å². The summed E-state index contributed by atoms with van der Waals surface area (Å²) < 4.78 is 0. The molecule has 126 heavy (non-hydrogen) atoms. The summed E-state index contributed by atoms with van der Waals surface area (Å²) in [5, 5.41) is 2.75. The molecule has 0 aromatic heterocycles. The number of fused-ring (bicyclic) bond motifs is 1. The highest BCUT2D eigenvalue weighted by atomic mass is 14.4. The molecule has 0 amide bonds. The molecule has 0 spiro atoms. The van der Waals surface area contributed by atoms with E-state index in [1.807, 2.05) is 0 Å². The first-order valence-corrected chi connectivity index (χ1v) is 49.3. The van der Waals surface area contributed by atoms with Crippen LogP contribution in [0.5, 0.6) is 0 Å². The van der Waals surface area contributed by atoms with Crippen molar-refractivity contribution in [1.82, 2.24) is 0 Å². The molecule has 3 aliphatic rings. The van der Waals surface area contributed by atoms with Crippen LogP contribution in [0.3, 0.4) is 0 Å². The molecule has 11 aromatic rings. The Hall–Kier alpha value is -8.32. The third-order valence-electron chi connectivity index (χ3n) is 26.4. The van der Waals surface area contributed by atoms with Crippen molar-refractivity contribution >= 4 is 10.8 Å². The van der Waals surface area contributed by atoms with E-state index >= 15 is 0 Å². The molecular weight excluding hydrogens is 1510 g/mol. The standard InChI is InChI=1S/C16H18.C15H16.C14H22.C12H12.C12H24.C10H20.C10H14.2C9H12.C8H16.C8H10.C3H8/c1-11-5-7-15(9-13(11)3)16-8-6-12(2)14(4)10-16;1-12-3-7-14(8-4-12)11-15-9-5-13(2)6-10-15;1-13(2,3)11-8-7-9-12(10-11)14(4,5)6;1-9-5-3-8-12-10(2)6-4-7-11(9)12;1-6-12(5)8-10(2)7-11(3,4)9-12;2*1-3-9-6-5-7-10(4-2)8-9;1-7-4-5-8(2)9(3)6-7;1-7-5-4-6-8(2)9(7)3;2*1-7-3-5-8(2)6-4-7;1-3-2/h5-10H,1-4H3;3-10H,11H2,1-2H3;7-10H,1-6H3;3-8H,1-2H3;10H,6-9H2,1-5H3;9-10H,3-8H2,1-2H3;5-8H,3-4H2,1-2H3;2*4-6H,1-3H3;7-8H,3-6H2,1-2H3;3-6H,1-2H3;3H2,1-2H3. The van der Waals surface area contributed by atoms with Crippen LogP contribution in [0.4, 0.5) is 0 Å². The predicted octanol–water partition coefficient (Wildman–Crippen LogP) is 38.7. The molecule has 688 valence electrons. The first-order chi connectivity index (χ1) is 59.3. The van der Waals surface area contributed by atoms with Gasteiger partial charge in [-0.1, -0.05) is 461 Å². The monoisotopic (exact) mass is 1700 g/mol. The fraction of sp³-hybridized carbons (Fsp3) is 0.492. The van der Waals surface area contributed by atoms with Gasteiger partial charge >= 0.3 is 0 Å². The Morgan fingerprint density at radius 3 is 0.960 bits per heavy atom. The van der Waals surface area contributed by atoms with Crippen LogP contribution >= 0.6 is 0 Å². The molecule has 0 N–H and O–H groups in total. The Morgan fingerprint density at radius 2 is 0.635 bits per heavy atom. The van der Waals surface area contributed by atoms with Crippen molar-refractivity contribution in [1.29, 1.82) is 0 Å². The topological polar surface area (TPSA) is 0 Å². The zero-order valence-corrected chi connectivity index (χ0v) is 87.6. The van der Waals surface area contributed by atoms with Crippen molar-refractivity contribution in [2.24, 2.45) is 40.4 Å². The molecule has 0 radical (unpaired) electrons. The Balaban J connectivity index is 0.000000359. The Morgan fingerprint density at radius 1 is 0.302 bits per heavy atom. The fourth-order valence-corrected chi connectivity index (χ4v) is 17.1. The van der Waals surface area contributed by atoms with Crippen molar-refractivity contribution < 1.29 is 0 Å². The van der Waals surface area contributed by atoms with Gasteiger partial charge in [0.1, 0.15) is 0 Å². The SMILES string of the molecule is CC(C)(C)c1cccc(C(C)(C)C)c1.CC1CCC(C)CC1.CCC.CCC1(C)CC(C)CC(C)(C)C1.CCC1CCCC(CC)C1.CCc1cccc(CC)c1.Cc1ccc(-c2ccc(C)c(C)c2)cc1C.Cc1ccc(C)c(C)c1.Cc1ccc(C)cc1.Cc1ccc(Cc2ccc(C)cc2)cc1.Cc1cccc(C)c1C.Cc1cccc2c(C)cccc12. The second-order valence-corrected chi connectivity index (χ2v) is 41.7. The van der Waals surface area contributed by atoms with Gasteiger partial charge in [0.2, 0.25) is 0 Å². The molecule has 0 nitrogen and oxygen atoms in total. The molecule has 3 aliphatic carbocycles. The highest BCUT2D eigenvalue weighted by molar-refractivity contribution is 5.88. The minimum atomic E-state index is 0.251. The van der Waals surface area contributed by atoms with Crippen LogP contribution in [0.1, 0.15) is 350 Å². The molecule has 0 saturated heterocycles. The summed E-state index contributed by atoms with van der Waals surface area (Å²) in [6, 6.07) is 82.8. The lowest BCUT2D eigenvalue weighted by atomic mass is 9.60. The maximum absolute atomic E-state index is 2.46. The van der Waals surface area contributed by atoms with Crippen LogP contribution in [0, 0.1) is 151 Å². The van der Waals surface area contributed by atoms with E-state index in [0.717, 1.165) is 48.9 Å². The molecule has 14 rings (SSSR count). The van der Waals surface area contributed by atoms with Gasteiger partial charge in [0.25, 0.3) is 0 Å². The highest BCUT2D eigenvalue weighted by Crippen LogP contribution is 2.50. The summed E-state index contributed by atoms with van der Waals surface area (Å²) in [6.07, 6.45) is 24.9. The lowest BCUT2D eigenvalue weighted by Crippen LogP contribution is -2.34. The quantitative estimate of drug-likeness (QED) is 0.142. The smallest absolute Gasteiger partial charge is 0.00258 e. The maximum atomic E-state index is 2.46. The van der Waals surface area contributed by atoms with Crippen molar-refractivity contribution in [3.63, 3.8) is 0 Å². The molecule has 0 heteroatoms. The van der Waals surface area contributed by atoms with Crippen LogP contribution in [-0.4, -0.2) is 0 Å². The second-order valence-electron chi connectivity index (χ2n) is 41.7. The normalized spacial score (nSPS) is 17.1. The largest absolute Gasteiger partial charge is 0.0656 e. The molecule has 11 aromatic carbocycles. The summed E-state index contributed by atoms with van der Waals surface area (Å²) in [5.41, 5.74) is 34.6. The Labute approximate surface area is 778 Å². The van der Waals surface area contributed by atoms with Gasteiger partial charge in [-0.25, -0.2) is 0 Å². The average molecular weight is 1700 g/mol. The number of hydrogen-bond acceptors (Lipinski definition) is 0. The number of rotatable bonds is 8. The highest BCUT2D eigenvalue weighted by Gasteiger charge is 2.38. The third-order valence-corrected chi connectivity index (χ3v) is 26.4. The molecule has 0 aliphatic heterocycles. The summed E-state index contributed by atoms with van der Waals surface area (Å²) in [5.74, 6) is 5.11. The van der Waals surface area contributed by atoms with Gasteiger partial charge in [-0.3, -0.25) is 0 Å². The van der Waals surface area contributed by atoms with Gasteiger partial charge in [-0.15, -0.1) is 0 Å². The molecule has 0 bridgehead atoms. The summed E-state index contributed by atoms with van der Waals surface area (Å²) in [6.45, 7) is 77.9. The Bertz CT molecular complexity index is 4550. The van der Waals surface area contributed by atoms with E-state index < -0.39 is 0 Å². The molecule has 3 fully saturated rings. The summed E-state index contributed by atoms with van der Waals surface area (Å²) in [4.78, 5) is 0. The van der Waals surface area contributed by atoms with E-state index in [1.165, 1.54) is 241 Å². The van der Waals surface area contributed by atoms with Crippen molar-refractivity contribution in [3.8, 4) is 11.1 Å². The van der Waals surface area contributed by atoms with E-state index in [9.17, 15) is 0 Å². The number of benzene rings is 11. The summed E-state index contributed by atoms with van der Waals surface area (Å²) >= 11 is 0. The van der Waals surface area contributed by atoms with E-state index in [-0.39, 0.29) is 10.8 Å². The molecule has 0 heterocycles. The summed E-state index contributed by atoms with van der Waals surface area (Å²) in [7, 11) is 0. The zero-order chi connectivity index (χ0) is 94.5. The Kier molecular flexibility index (Phi) is 51.1. The van der Waals surface area contributed by atoms with Gasteiger partial charge < -0.3 is 0 Å². The van der Waals surface area contributed by atoms with E-state index in [1.54, 1.807) is 0 Å². The predicted molar refractivity (Wildman–Crippen MR) is 570 cm³/mol. The van der Waals surface area contributed by atoms with Crippen molar-refractivity contribution in [2.45, 2.75) is 369 Å². The molecule has 4 atom stereocenters. The van der Waals surface area contributed by atoms with E-state index in [2.05, 4.69) is 473 Å². The van der Waals surface area contributed by atoms with Crippen LogP contribution in [0.2, 0.25) is 0 Å². The van der Waals surface area contributed by atoms with Crippen LogP contribution in [-0.2, 0) is 30.1 Å². The van der Waals surface area contributed by atoms with Crippen LogP contribution in [0.25, 0.3) is 21.9 Å². The molecular formula is C126H184. The van der Waals surface area contributed by atoms with Crippen LogP contribution < -0.4 is 0 Å². The minimum Gasteiger partial charge on any atom is -0.0656 e. The third kappa shape index (κ3) is 44.1. The van der Waals surface area contributed by atoms with Crippen LogP contribution in [0.15, 0.2) is 231 Å².